The van der Waals surface area contributed by atoms with Gasteiger partial charge in [0, 0.05) is 28.3 Å². The highest BCUT2D eigenvalue weighted by molar-refractivity contribution is 7.10. The second-order valence-corrected chi connectivity index (χ2v) is 22.4. The number of benzene rings is 5. The van der Waals surface area contributed by atoms with Gasteiger partial charge in [-0.15, -0.1) is 22.7 Å². The van der Waals surface area contributed by atoms with Gasteiger partial charge in [-0.25, -0.2) is 9.61 Å². The summed E-state index contributed by atoms with van der Waals surface area (Å²) in [6, 6.07) is 47.6. The van der Waals surface area contributed by atoms with Gasteiger partial charge >= 0.3 is 0 Å². The third-order valence-corrected chi connectivity index (χ3v) is 13.8. The number of furan rings is 1. The van der Waals surface area contributed by atoms with E-state index in [-0.39, 0.29) is 6.10 Å². The van der Waals surface area contributed by atoms with Crippen LogP contribution in [0.4, 0.5) is 0 Å². The number of hydrogen-bond acceptors (Lipinski definition) is 9. The molecule has 0 bridgehead atoms. The quantitative estimate of drug-likeness (QED) is 0.164. The van der Waals surface area contributed by atoms with Crippen LogP contribution in [0.3, 0.4) is 0 Å². The number of nitrogens with zero attached hydrogens (tertiary/aromatic N) is 3. The molecule has 72 heavy (non-hydrogen) atoms. The van der Waals surface area contributed by atoms with Crippen molar-refractivity contribution in [1.29, 1.82) is 0 Å². The average molecular weight is 1010 g/mol. The number of para-hydroxylation sites is 2. The Morgan fingerprint density at radius 1 is 0.542 bits per heavy atom. The Labute approximate surface area is 440 Å². The first-order chi connectivity index (χ1) is 34.3. The fourth-order valence-corrected chi connectivity index (χ4v) is 8.38. The molecule has 0 saturated carbocycles. The molecule has 0 fully saturated rings. The fourth-order valence-electron chi connectivity index (χ4n) is 6.91. The summed E-state index contributed by atoms with van der Waals surface area (Å²) in [4.78, 5) is 5.59. The first kappa shape index (κ1) is 58.5. The second kappa shape index (κ2) is 30.1. The van der Waals surface area contributed by atoms with Crippen molar-refractivity contribution in [1.82, 2.24) is 15.3 Å². The summed E-state index contributed by atoms with van der Waals surface area (Å²) in [6.45, 7) is 33.3. The molecule has 0 saturated heterocycles. The molecule has 5 aromatic carbocycles. The van der Waals surface area contributed by atoms with E-state index in [2.05, 4.69) is 214 Å². The summed E-state index contributed by atoms with van der Waals surface area (Å²) in [6.07, 6.45) is 3.74. The highest BCUT2D eigenvalue weighted by Gasteiger charge is 2.23. The number of aromatic nitrogens is 3. The maximum atomic E-state index is 5.77. The molecular weight excluding hydrogens is 927 g/mol. The van der Waals surface area contributed by atoms with Gasteiger partial charge < -0.3 is 13.9 Å². The summed E-state index contributed by atoms with van der Waals surface area (Å²) in [5, 5.41) is 15.7. The molecule has 0 aliphatic carbocycles. The molecule has 0 radical (unpaired) electrons. The molecule has 0 amide bonds. The van der Waals surface area contributed by atoms with Crippen LogP contribution in [0.25, 0.3) is 21.8 Å². The van der Waals surface area contributed by atoms with Crippen LogP contribution < -0.4 is 9.47 Å². The number of rotatable bonds is 6. The molecule has 1 atom stereocenters. The maximum Gasteiger partial charge on any atom is 0.161 e. The first-order valence-corrected chi connectivity index (χ1v) is 27.2. The third kappa shape index (κ3) is 19.9. The Morgan fingerprint density at radius 2 is 1.21 bits per heavy atom. The summed E-state index contributed by atoms with van der Waals surface area (Å²) in [5.41, 5.74) is 6.08. The predicted molar refractivity (Wildman–Crippen MR) is 308 cm³/mol. The third-order valence-electron chi connectivity index (χ3n) is 11.4. The Morgan fingerprint density at radius 3 is 1.71 bits per heavy atom. The highest BCUT2D eigenvalue weighted by Crippen LogP contribution is 2.32. The van der Waals surface area contributed by atoms with E-state index < -0.39 is 0 Å². The van der Waals surface area contributed by atoms with E-state index in [1.807, 2.05) is 77.5 Å². The molecule has 0 N–H and O–H groups in total. The first-order valence-electron chi connectivity index (χ1n) is 25.5. The van der Waals surface area contributed by atoms with Crippen molar-refractivity contribution in [3.05, 3.63) is 195 Å². The summed E-state index contributed by atoms with van der Waals surface area (Å²) < 4.78 is 21.1. The molecule has 9 heteroatoms. The fraction of sp³-hybridized carbons (Fsp3) is 0.381. The SMILES string of the molecule is CC(C)(C)c1cccs1.CC(C)C1COc2ccccc2O1.CC(C)c1ccc2ccccc2c1.CC(C)c1cccc2nonc12.CC(C)c1ccccc1.CC(C)c1ccco1.CC(C)c1nccs1. The minimum absolute atomic E-state index is 0.190. The molecule has 4 aromatic heterocycles. The van der Waals surface area contributed by atoms with Crippen molar-refractivity contribution in [2.75, 3.05) is 6.61 Å². The van der Waals surface area contributed by atoms with Crippen molar-refractivity contribution in [3.8, 4) is 11.5 Å². The Balaban J connectivity index is 0.000000184. The van der Waals surface area contributed by atoms with E-state index in [1.54, 1.807) is 17.6 Å². The van der Waals surface area contributed by atoms with Crippen molar-refractivity contribution < 1.29 is 18.5 Å². The van der Waals surface area contributed by atoms with Gasteiger partial charge in [-0.2, -0.15) is 0 Å². The molecule has 0 spiro atoms. The summed E-state index contributed by atoms with van der Waals surface area (Å²) >= 11 is 3.55. The van der Waals surface area contributed by atoms with Crippen molar-refractivity contribution in [2.45, 2.75) is 145 Å². The minimum Gasteiger partial charge on any atom is -0.486 e. The van der Waals surface area contributed by atoms with Gasteiger partial charge in [-0.3, -0.25) is 0 Å². The second-order valence-electron chi connectivity index (χ2n) is 20.5. The zero-order chi connectivity index (χ0) is 52.6. The van der Waals surface area contributed by atoms with E-state index >= 15 is 0 Å². The summed E-state index contributed by atoms with van der Waals surface area (Å²) in [5.74, 6) is 6.13. The Kier molecular flexibility index (Phi) is 24.5. The van der Waals surface area contributed by atoms with Gasteiger partial charge in [0.25, 0.3) is 0 Å². The van der Waals surface area contributed by atoms with E-state index in [0.717, 1.165) is 28.3 Å². The zero-order valence-corrected chi connectivity index (χ0v) is 47.3. The maximum absolute atomic E-state index is 5.77. The number of thiophene rings is 1. The number of hydrogen-bond donors (Lipinski definition) is 0. The Hall–Kier alpha value is -6.03. The molecule has 9 aromatic rings. The molecule has 10 rings (SSSR count). The van der Waals surface area contributed by atoms with Crippen LogP contribution in [0.15, 0.2) is 172 Å². The van der Waals surface area contributed by atoms with Crippen LogP contribution in [-0.4, -0.2) is 28.0 Å². The van der Waals surface area contributed by atoms with E-state index in [1.165, 1.54) is 37.3 Å². The van der Waals surface area contributed by atoms with Gasteiger partial charge in [0.15, 0.2) is 11.5 Å². The molecule has 1 aliphatic rings. The average Bonchev–Trinajstić information content (AvgIpc) is 4.24. The number of fused-ring (bicyclic) bond motifs is 3. The largest absolute Gasteiger partial charge is 0.486 e. The molecule has 1 unspecified atom stereocenters. The molecule has 5 heterocycles. The van der Waals surface area contributed by atoms with Crippen molar-refractivity contribution in [2.24, 2.45) is 5.92 Å². The van der Waals surface area contributed by atoms with Crippen LogP contribution in [-0.2, 0) is 5.41 Å². The number of thiazole rings is 1. The van der Waals surface area contributed by atoms with Crippen molar-refractivity contribution >= 4 is 44.5 Å². The van der Waals surface area contributed by atoms with Gasteiger partial charge in [-0.1, -0.05) is 207 Å². The molecule has 1 aliphatic heterocycles. The molecular formula is C63H81N3O4S2. The lowest BCUT2D eigenvalue weighted by Gasteiger charge is -2.28. The van der Waals surface area contributed by atoms with Crippen LogP contribution in [0.2, 0.25) is 0 Å². The van der Waals surface area contributed by atoms with E-state index in [4.69, 9.17) is 13.9 Å². The van der Waals surface area contributed by atoms with E-state index in [0.29, 0.717) is 47.5 Å². The van der Waals surface area contributed by atoms with Crippen LogP contribution >= 0.6 is 22.7 Å². The van der Waals surface area contributed by atoms with Gasteiger partial charge in [0.05, 0.1) is 11.3 Å². The monoisotopic (exact) mass is 1010 g/mol. The molecule has 384 valence electrons. The minimum atomic E-state index is 0.190. The van der Waals surface area contributed by atoms with Crippen LogP contribution in [0.5, 0.6) is 11.5 Å². The number of ether oxygens (including phenoxy) is 2. The van der Waals surface area contributed by atoms with Gasteiger partial charge in [0.1, 0.15) is 29.5 Å². The van der Waals surface area contributed by atoms with Crippen LogP contribution in [0, 0.1) is 5.92 Å². The lowest BCUT2D eigenvalue weighted by Crippen LogP contribution is -2.33. The van der Waals surface area contributed by atoms with E-state index in [9.17, 15) is 0 Å². The predicted octanol–water partition coefficient (Wildman–Crippen LogP) is 19.3. The topological polar surface area (TPSA) is 83.4 Å². The van der Waals surface area contributed by atoms with Gasteiger partial charge in [-0.05, 0) is 109 Å². The lowest BCUT2D eigenvalue weighted by molar-refractivity contribution is 0.0591. The normalized spacial score (nSPS) is 12.6. The highest BCUT2D eigenvalue weighted by atomic mass is 32.1. The lowest BCUT2D eigenvalue weighted by atomic mass is 9.95. The zero-order valence-electron chi connectivity index (χ0n) is 45.6. The Bertz CT molecular complexity index is 2750. The van der Waals surface area contributed by atoms with Crippen molar-refractivity contribution in [3.63, 3.8) is 0 Å². The standard InChI is InChI=1S/C13H14.C11H14O2.C9H10N2O.C9H12.C8H12S.C7H10O.C6H9NS/c1-10(2)12-8-7-11-5-3-4-6-13(11)9-12;1-8(2)11-7-12-9-5-3-4-6-10(9)13-11;1-6(2)7-4-3-5-8-9(7)11-12-10-8;1-8(2)9-6-4-3-5-7-9;1-8(2,3)7-5-4-6-9-7;1-6(2)7-4-3-5-8-7;1-5(2)6-7-3-4-8-6/h3-10H,1-2H3;3-6,8,11H,7H2,1-2H3;3-6H,1-2H3;3-8H,1-2H3;4-6H,1-3H3;3-6H,1-2H3;3-5H,1-2H3. The summed E-state index contributed by atoms with van der Waals surface area (Å²) in [7, 11) is 0. The van der Waals surface area contributed by atoms with Crippen LogP contribution in [0.1, 0.15) is 166 Å². The van der Waals surface area contributed by atoms with Gasteiger partial charge in [0.2, 0.25) is 0 Å². The smallest absolute Gasteiger partial charge is 0.161 e. The molecule has 7 nitrogen and oxygen atoms in total.